The number of aliphatic carboxylic acids is 1. The Morgan fingerprint density at radius 1 is 0.725 bits per heavy atom. The van der Waals surface area contributed by atoms with Crippen molar-refractivity contribution >= 4 is 23.7 Å². The van der Waals surface area contributed by atoms with Crippen molar-refractivity contribution in [2.75, 3.05) is 0 Å². The van der Waals surface area contributed by atoms with E-state index in [1.54, 1.807) is 0 Å². The number of ether oxygens (including phenoxy) is 2. The number of carboxylic acid groups (broad SMARTS) is 1. The molecule has 0 aliphatic heterocycles. The Bertz CT molecular complexity index is 857. The SMILES string of the molecule is CC(C)(C)OC(=O)CCCCCCCCCCCCCCC(=O)C[C@@H](CCC(=O)O)C(=O)OCc1ccccc1. The lowest BCUT2D eigenvalue weighted by molar-refractivity contribution is -0.155. The summed E-state index contributed by atoms with van der Waals surface area (Å²) < 4.78 is 10.7. The van der Waals surface area contributed by atoms with Gasteiger partial charge in [-0.25, -0.2) is 0 Å². The minimum absolute atomic E-state index is 0.00172. The number of benzene rings is 1. The summed E-state index contributed by atoms with van der Waals surface area (Å²) in [7, 11) is 0. The first-order valence-corrected chi connectivity index (χ1v) is 15.2. The van der Waals surface area contributed by atoms with E-state index in [-0.39, 0.29) is 37.6 Å². The first-order chi connectivity index (χ1) is 19.1. The molecule has 40 heavy (non-hydrogen) atoms. The number of ketones is 1. The molecule has 1 N–H and O–H groups in total. The molecule has 0 spiro atoms. The van der Waals surface area contributed by atoms with Crippen molar-refractivity contribution in [1.82, 2.24) is 0 Å². The third kappa shape index (κ3) is 20.2. The quantitative estimate of drug-likeness (QED) is 0.107. The highest BCUT2D eigenvalue weighted by Gasteiger charge is 2.24. The molecule has 0 aliphatic carbocycles. The molecule has 0 saturated carbocycles. The summed E-state index contributed by atoms with van der Waals surface area (Å²) in [5, 5.41) is 9.02. The van der Waals surface area contributed by atoms with Crippen LogP contribution < -0.4 is 0 Å². The molecular formula is C33H52O7. The fraction of sp³-hybridized carbons (Fsp3) is 0.697. The van der Waals surface area contributed by atoms with Gasteiger partial charge >= 0.3 is 17.9 Å². The first kappa shape index (κ1) is 35.3. The van der Waals surface area contributed by atoms with Gasteiger partial charge in [0.2, 0.25) is 0 Å². The Hall–Kier alpha value is -2.70. The van der Waals surface area contributed by atoms with Gasteiger partial charge in [0, 0.05) is 25.7 Å². The molecule has 0 fully saturated rings. The average molecular weight is 561 g/mol. The Balaban J connectivity index is 2.07. The van der Waals surface area contributed by atoms with Crippen molar-refractivity contribution in [2.45, 2.75) is 142 Å². The zero-order valence-electron chi connectivity index (χ0n) is 25.1. The lowest BCUT2D eigenvalue weighted by Crippen LogP contribution is -2.23. The van der Waals surface area contributed by atoms with Gasteiger partial charge < -0.3 is 14.6 Å². The molecule has 0 amide bonds. The predicted molar refractivity (Wildman–Crippen MR) is 157 cm³/mol. The molecule has 1 rings (SSSR count). The summed E-state index contributed by atoms with van der Waals surface area (Å²) in [6, 6.07) is 9.29. The van der Waals surface area contributed by atoms with E-state index in [1.165, 1.54) is 38.5 Å². The van der Waals surface area contributed by atoms with Crippen molar-refractivity contribution < 1.29 is 33.8 Å². The Morgan fingerprint density at radius 2 is 1.23 bits per heavy atom. The summed E-state index contributed by atoms with van der Waals surface area (Å²) in [5.74, 6) is -2.30. The predicted octanol–water partition coefficient (Wildman–Crippen LogP) is 7.97. The summed E-state index contributed by atoms with van der Waals surface area (Å²) in [6.45, 7) is 5.80. The van der Waals surface area contributed by atoms with Gasteiger partial charge in [-0.15, -0.1) is 0 Å². The Morgan fingerprint density at radius 3 is 1.73 bits per heavy atom. The van der Waals surface area contributed by atoms with Crippen molar-refractivity contribution in [2.24, 2.45) is 5.92 Å². The molecule has 1 atom stereocenters. The van der Waals surface area contributed by atoms with E-state index in [1.807, 2.05) is 51.1 Å². The second-order valence-electron chi connectivity index (χ2n) is 11.8. The van der Waals surface area contributed by atoms with E-state index in [0.29, 0.717) is 12.8 Å². The largest absolute Gasteiger partial charge is 0.481 e. The van der Waals surface area contributed by atoms with Crippen LogP contribution in [0.2, 0.25) is 0 Å². The second kappa shape index (κ2) is 21.1. The number of hydrogen-bond acceptors (Lipinski definition) is 6. The smallest absolute Gasteiger partial charge is 0.309 e. The number of carbonyl (C=O) groups is 4. The van der Waals surface area contributed by atoms with Gasteiger partial charge in [-0.3, -0.25) is 19.2 Å². The van der Waals surface area contributed by atoms with E-state index < -0.39 is 23.5 Å². The molecule has 1 aromatic carbocycles. The highest BCUT2D eigenvalue weighted by molar-refractivity contribution is 5.84. The number of esters is 2. The molecule has 0 heterocycles. The van der Waals surface area contributed by atoms with Crippen LogP contribution in [0.5, 0.6) is 0 Å². The minimum atomic E-state index is -0.983. The molecule has 1 aromatic rings. The molecule has 0 aromatic heterocycles. The normalized spacial score (nSPS) is 12.1. The van der Waals surface area contributed by atoms with Crippen molar-refractivity contribution in [3.63, 3.8) is 0 Å². The number of hydrogen-bond donors (Lipinski definition) is 1. The molecule has 0 unspecified atom stereocenters. The van der Waals surface area contributed by atoms with Crippen LogP contribution in [0, 0.1) is 5.92 Å². The van der Waals surface area contributed by atoms with Crippen LogP contribution >= 0.6 is 0 Å². The molecule has 0 radical (unpaired) electrons. The molecular weight excluding hydrogens is 508 g/mol. The van der Waals surface area contributed by atoms with Crippen LogP contribution in [0.4, 0.5) is 0 Å². The van der Waals surface area contributed by atoms with Crippen molar-refractivity contribution in [1.29, 1.82) is 0 Å². The lowest BCUT2D eigenvalue weighted by Gasteiger charge is -2.19. The number of rotatable bonds is 23. The number of Topliss-reactive ketones (excluding diaryl/α,β-unsaturated/α-hetero) is 1. The van der Waals surface area contributed by atoms with Gasteiger partial charge in [-0.1, -0.05) is 94.5 Å². The van der Waals surface area contributed by atoms with E-state index in [9.17, 15) is 19.2 Å². The monoisotopic (exact) mass is 560 g/mol. The maximum absolute atomic E-state index is 12.5. The average Bonchev–Trinajstić information content (AvgIpc) is 2.89. The Labute approximate surface area is 241 Å². The van der Waals surface area contributed by atoms with Crippen LogP contribution in [-0.2, 0) is 35.3 Å². The third-order valence-corrected chi connectivity index (χ3v) is 6.74. The topological polar surface area (TPSA) is 107 Å². The summed E-state index contributed by atoms with van der Waals surface area (Å²) in [6.07, 6.45) is 14.2. The molecule has 226 valence electrons. The van der Waals surface area contributed by atoms with Crippen LogP contribution in [0.3, 0.4) is 0 Å². The van der Waals surface area contributed by atoms with Gasteiger partial charge in [0.15, 0.2) is 0 Å². The van der Waals surface area contributed by atoms with E-state index >= 15 is 0 Å². The Kier molecular flexibility index (Phi) is 18.6. The van der Waals surface area contributed by atoms with E-state index in [0.717, 1.165) is 44.1 Å². The minimum Gasteiger partial charge on any atom is -0.481 e. The zero-order valence-corrected chi connectivity index (χ0v) is 25.1. The van der Waals surface area contributed by atoms with Crippen molar-refractivity contribution in [3.05, 3.63) is 35.9 Å². The van der Waals surface area contributed by atoms with Crippen LogP contribution in [-0.4, -0.2) is 34.4 Å². The fourth-order valence-electron chi connectivity index (χ4n) is 4.58. The molecule has 0 saturated heterocycles. The summed E-state index contributed by atoms with van der Waals surface area (Å²) in [5.41, 5.74) is 0.453. The van der Waals surface area contributed by atoms with Crippen LogP contribution in [0.1, 0.15) is 135 Å². The fourth-order valence-corrected chi connectivity index (χ4v) is 4.58. The number of carboxylic acids is 1. The molecule has 7 nitrogen and oxygen atoms in total. The van der Waals surface area contributed by atoms with Crippen LogP contribution in [0.15, 0.2) is 30.3 Å². The highest BCUT2D eigenvalue weighted by atomic mass is 16.6. The first-order valence-electron chi connectivity index (χ1n) is 15.2. The van der Waals surface area contributed by atoms with Gasteiger partial charge in [-0.2, -0.15) is 0 Å². The maximum Gasteiger partial charge on any atom is 0.309 e. The molecule has 0 aliphatic rings. The maximum atomic E-state index is 12.5. The molecule has 0 bridgehead atoms. The van der Waals surface area contributed by atoms with Crippen molar-refractivity contribution in [3.8, 4) is 0 Å². The third-order valence-electron chi connectivity index (χ3n) is 6.74. The lowest BCUT2D eigenvalue weighted by atomic mass is 9.94. The molecule has 7 heteroatoms. The summed E-state index contributed by atoms with van der Waals surface area (Å²) >= 11 is 0. The van der Waals surface area contributed by atoms with Gasteiger partial charge in [0.1, 0.15) is 18.0 Å². The number of carbonyl (C=O) groups excluding carboxylic acids is 3. The second-order valence-corrected chi connectivity index (χ2v) is 11.8. The van der Waals surface area contributed by atoms with Crippen LogP contribution in [0.25, 0.3) is 0 Å². The zero-order chi connectivity index (χ0) is 29.6. The van der Waals surface area contributed by atoms with Gasteiger partial charge in [-0.05, 0) is 45.6 Å². The van der Waals surface area contributed by atoms with Gasteiger partial charge in [0.05, 0.1) is 5.92 Å². The standard InChI is InChI=1S/C33H52O7/c1-33(2,3)40-31(37)22-18-13-11-9-7-5-4-6-8-10-12-17-21-29(34)25-28(23-24-30(35)36)32(38)39-26-27-19-15-14-16-20-27/h14-16,19-20,28H,4-13,17-18,21-26H2,1-3H3,(H,35,36)/t28-/m1/s1. The number of unbranched alkanes of at least 4 members (excludes halogenated alkanes) is 11. The van der Waals surface area contributed by atoms with E-state index in [4.69, 9.17) is 14.6 Å². The van der Waals surface area contributed by atoms with Gasteiger partial charge in [0.25, 0.3) is 0 Å². The summed E-state index contributed by atoms with van der Waals surface area (Å²) in [4.78, 5) is 47.7. The van der Waals surface area contributed by atoms with E-state index in [2.05, 4.69) is 0 Å². The highest BCUT2D eigenvalue weighted by Crippen LogP contribution is 2.19.